The predicted molar refractivity (Wildman–Crippen MR) is 128 cm³/mol. The number of ether oxygens (including phenoxy) is 1. The maximum Gasteiger partial charge on any atom is 0.269 e. The van der Waals surface area contributed by atoms with Crippen LogP contribution in [0.15, 0.2) is 45.9 Å². The van der Waals surface area contributed by atoms with Gasteiger partial charge in [0.2, 0.25) is 5.91 Å². The number of carbonyl (C=O) groups excluding carboxylic acids is 1. The second-order valence-electron chi connectivity index (χ2n) is 7.39. The molecular formula is C22H23BrClF2N5O3. The molecule has 1 atom stereocenters. The van der Waals surface area contributed by atoms with Crippen LogP contribution in [0.5, 0.6) is 5.75 Å². The molecule has 0 spiro atoms. The summed E-state index contributed by atoms with van der Waals surface area (Å²) < 4.78 is 34.1. The Morgan fingerprint density at radius 3 is 2.53 bits per heavy atom. The molecule has 1 amide bonds. The van der Waals surface area contributed by atoms with Crippen molar-refractivity contribution in [2.75, 3.05) is 0 Å². The van der Waals surface area contributed by atoms with Gasteiger partial charge in [-0.1, -0.05) is 0 Å². The number of amides is 1. The van der Waals surface area contributed by atoms with Crippen LogP contribution in [0.25, 0.3) is 0 Å². The molecule has 2 aromatic heterocycles. The van der Waals surface area contributed by atoms with Crippen LogP contribution in [0.2, 0.25) is 0 Å². The first kappa shape index (κ1) is 27.4. The topological polar surface area (TPSA) is 112 Å². The van der Waals surface area contributed by atoms with Gasteiger partial charge in [0.05, 0.1) is 42.9 Å². The minimum absolute atomic E-state index is 0. The first-order valence-electron chi connectivity index (χ1n) is 9.95. The Morgan fingerprint density at radius 1 is 1.24 bits per heavy atom. The van der Waals surface area contributed by atoms with Gasteiger partial charge >= 0.3 is 0 Å². The molecule has 0 saturated heterocycles. The lowest BCUT2D eigenvalue weighted by Gasteiger charge is -2.14. The molecule has 0 bridgehead atoms. The largest absolute Gasteiger partial charge is 0.487 e. The van der Waals surface area contributed by atoms with Gasteiger partial charge in [0.25, 0.3) is 5.56 Å². The summed E-state index contributed by atoms with van der Waals surface area (Å²) in [4.78, 5) is 32.9. The van der Waals surface area contributed by atoms with E-state index >= 15 is 0 Å². The zero-order chi connectivity index (χ0) is 24.1. The Balaban J connectivity index is 0.00000408. The van der Waals surface area contributed by atoms with Gasteiger partial charge in [0, 0.05) is 23.4 Å². The Morgan fingerprint density at radius 2 is 1.91 bits per heavy atom. The predicted octanol–water partition coefficient (Wildman–Crippen LogP) is 3.00. The maximum atomic E-state index is 13.8. The minimum atomic E-state index is -0.727. The van der Waals surface area contributed by atoms with Gasteiger partial charge in [-0.25, -0.2) is 8.78 Å². The first-order chi connectivity index (χ1) is 15.7. The molecule has 0 aliphatic rings. The van der Waals surface area contributed by atoms with Crippen LogP contribution in [0.3, 0.4) is 0 Å². The highest BCUT2D eigenvalue weighted by Gasteiger charge is 2.14. The number of pyridine rings is 1. The van der Waals surface area contributed by atoms with Gasteiger partial charge in [-0.15, -0.1) is 12.4 Å². The van der Waals surface area contributed by atoms with Crippen molar-refractivity contribution < 1.29 is 18.3 Å². The van der Waals surface area contributed by atoms with Crippen molar-refractivity contribution in [3.05, 3.63) is 85.8 Å². The Hall–Kier alpha value is -2.89. The summed E-state index contributed by atoms with van der Waals surface area (Å²) in [6.45, 7) is 3.50. The smallest absolute Gasteiger partial charge is 0.269 e. The van der Waals surface area contributed by atoms with Crippen molar-refractivity contribution >= 4 is 34.2 Å². The number of nitrogens with zero attached hydrogens (tertiary/aromatic N) is 3. The van der Waals surface area contributed by atoms with Crippen LogP contribution in [0.1, 0.15) is 29.6 Å². The first-order valence-corrected chi connectivity index (χ1v) is 10.7. The van der Waals surface area contributed by atoms with E-state index in [1.165, 1.54) is 23.0 Å². The van der Waals surface area contributed by atoms with Gasteiger partial charge in [-0.3, -0.25) is 19.6 Å². The van der Waals surface area contributed by atoms with E-state index in [1.54, 1.807) is 19.9 Å². The second kappa shape index (κ2) is 12.0. The molecule has 0 aliphatic carbocycles. The summed E-state index contributed by atoms with van der Waals surface area (Å²) >= 11 is 3.24. The summed E-state index contributed by atoms with van der Waals surface area (Å²) in [7, 11) is 0. The number of nitrogens with one attached hydrogen (secondary N) is 1. The molecule has 3 N–H and O–H groups in total. The Bertz CT molecular complexity index is 1220. The highest BCUT2D eigenvalue weighted by molar-refractivity contribution is 9.10. The van der Waals surface area contributed by atoms with E-state index in [0.29, 0.717) is 17.1 Å². The van der Waals surface area contributed by atoms with Crippen LogP contribution in [-0.4, -0.2) is 26.5 Å². The summed E-state index contributed by atoms with van der Waals surface area (Å²) in [5.74, 6) is -1.46. The molecule has 2 heterocycles. The van der Waals surface area contributed by atoms with Gasteiger partial charge in [-0.2, -0.15) is 0 Å². The Labute approximate surface area is 209 Å². The van der Waals surface area contributed by atoms with Gasteiger partial charge in [0.15, 0.2) is 0 Å². The molecule has 34 heavy (non-hydrogen) atoms. The van der Waals surface area contributed by atoms with E-state index < -0.39 is 17.7 Å². The molecule has 8 nitrogen and oxygen atoms in total. The molecule has 3 aromatic rings. The summed E-state index contributed by atoms with van der Waals surface area (Å²) in [6, 6.07) is 4.22. The fraction of sp³-hybridized carbons (Fsp3) is 0.273. The van der Waals surface area contributed by atoms with E-state index in [0.717, 1.165) is 12.1 Å². The van der Waals surface area contributed by atoms with Crippen molar-refractivity contribution in [1.29, 1.82) is 0 Å². The van der Waals surface area contributed by atoms with Crippen molar-refractivity contribution in [2.24, 2.45) is 5.73 Å². The van der Waals surface area contributed by atoms with Crippen LogP contribution >= 0.6 is 28.3 Å². The number of halogens is 4. The number of rotatable bonds is 8. The fourth-order valence-corrected chi connectivity index (χ4v) is 3.31. The van der Waals surface area contributed by atoms with E-state index in [4.69, 9.17) is 10.5 Å². The zero-order valence-corrected chi connectivity index (χ0v) is 20.8. The standard InChI is InChI=1S/C22H22BrF2N5O3.ClH/c1-12-5-19(33-11-14-3-4-15(24)6-18(14)25)20(23)22(32)30(12)10-17-9-27-16(7-28-17)8-29-21(31)13(2)26;/h3-7,9,13H,8,10-11,26H2,1-2H3,(H,29,31);1H/t13-;/m1./s1. The molecule has 12 heteroatoms. The normalized spacial score (nSPS) is 11.5. The monoisotopic (exact) mass is 557 g/mol. The number of nitrogens with two attached hydrogens (primary N) is 1. The number of hydrogen-bond donors (Lipinski definition) is 2. The maximum absolute atomic E-state index is 13.8. The number of benzene rings is 1. The molecule has 0 fully saturated rings. The average Bonchev–Trinajstić information content (AvgIpc) is 2.78. The lowest BCUT2D eigenvalue weighted by atomic mass is 10.2. The van der Waals surface area contributed by atoms with Crippen LogP contribution in [0, 0.1) is 18.6 Å². The molecule has 1 aromatic carbocycles. The summed E-state index contributed by atoms with van der Waals surface area (Å²) in [6.07, 6.45) is 3.04. The lowest BCUT2D eigenvalue weighted by Crippen LogP contribution is -2.38. The van der Waals surface area contributed by atoms with Crippen LogP contribution < -0.4 is 21.3 Å². The van der Waals surface area contributed by atoms with Crippen LogP contribution in [-0.2, 0) is 24.5 Å². The van der Waals surface area contributed by atoms with E-state index in [1.807, 2.05) is 0 Å². The summed E-state index contributed by atoms with van der Waals surface area (Å²) in [5.41, 5.74) is 6.98. The molecule has 0 aliphatic heterocycles. The van der Waals surface area contributed by atoms with Crippen LogP contribution in [0.4, 0.5) is 8.78 Å². The second-order valence-corrected chi connectivity index (χ2v) is 8.18. The number of aryl methyl sites for hydroxylation is 1. The molecule has 0 radical (unpaired) electrons. The molecule has 182 valence electrons. The van der Waals surface area contributed by atoms with Crippen molar-refractivity contribution in [2.45, 2.75) is 39.6 Å². The highest BCUT2D eigenvalue weighted by atomic mass is 79.9. The zero-order valence-electron chi connectivity index (χ0n) is 18.3. The van der Waals surface area contributed by atoms with E-state index in [2.05, 4.69) is 31.2 Å². The molecular weight excluding hydrogens is 536 g/mol. The van der Waals surface area contributed by atoms with Crippen molar-refractivity contribution in [1.82, 2.24) is 19.9 Å². The minimum Gasteiger partial charge on any atom is -0.487 e. The number of aromatic nitrogens is 3. The van der Waals surface area contributed by atoms with Gasteiger partial charge < -0.3 is 20.4 Å². The average molecular weight is 559 g/mol. The highest BCUT2D eigenvalue weighted by Crippen LogP contribution is 2.24. The molecule has 3 rings (SSSR count). The number of carbonyl (C=O) groups is 1. The van der Waals surface area contributed by atoms with Crippen molar-refractivity contribution in [3.63, 3.8) is 0 Å². The third kappa shape index (κ3) is 6.81. The third-order valence-corrected chi connectivity index (χ3v) is 5.48. The molecule has 0 unspecified atom stereocenters. The quantitative estimate of drug-likeness (QED) is 0.440. The number of hydrogen-bond acceptors (Lipinski definition) is 6. The third-order valence-electron chi connectivity index (χ3n) is 4.75. The van der Waals surface area contributed by atoms with Gasteiger partial charge in [-0.05, 0) is 41.9 Å². The SMILES string of the molecule is Cc1cc(OCc2ccc(F)cc2F)c(Br)c(=O)n1Cc1cnc(CNC(=O)[C@@H](C)N)cn1.Cl. The molecule has 0 saturated carbocycles. The lowest BCUT2D eigenvalue weighted by molar-refractivity contribution is -0.122. The Kier molecular flexibility index (Phi) is 9.66. The summed E-state index contributed by atoms with van der Waals surface area (Å²) in [5, 5.41) is 2.65. The fourth-order valence-electron chi connectivity index (χ4n) is 2.87. The van der Waals surface area contributed by atoms with E-state index in [9.17, 15) is 18.4 Å². The van der Waals surface area contributed by atoms with Crippen molar-refractivity contribution in [3.8, 4) is 5.75 Å². The van der Waals surface area contributed by atoms with E-state index in [-0.39, 0.29) is 59.4 Å². The van der Waals surface area contributed by atoms with Gasteiger partial charge in [0.1, 0.15) is 28.5 Å².